The van der Waals surface area contributed by atoms with Crippen LogP contribution >= 0.6 is 23.2 Å². The topological polar surface area (TPSA) is 105 Å². The van der Waals surface area contributed by atoms with E-state index in [1.54, 1.807) is 49.4 Å². The summed E-state index contributed by atoms with van der Waals surface area (Å²) in [7, 11) is 0.0515. The highest BCUT2D eigenvalue weighted by Crippen LogP contribution is 2.33. The Bertz CT molecular complexity index is 1430. The average molecular weight is 609 g/mol. The third kappa shape index (κ3) is 6.80. The minimum absolute atomic E-state index is 0.0638. The lowest BCUT2D eigenvalue weighted by Crippen LogP contribution is -2.51. The van der Waals surface area contributed by atoms with Gasteiger partial charge in [0.05, 0.1) is 24.8 Å². The van der Waals surface area contributed by atoms with Gasteiger partial charge in [0.25, 0.3) is 10.0 Å². The third-order valence-electron chi connectivity index (χ3n) is 6.30. The van der Waals surface area contributed by atoms with Crippen molar-refractivity contribution in [2.24, 2.45) is 0 Å². The number of rotatable bonds is 12. The van der Waals surface area contributed by atoms with Gasteiger partial charge in [0.1, 0.15) is 24.1 Å². The van der Waals surface area contributed by atoms with E-state index in [1.807, 2.05) is 0 Å². The van der Waals surface area contributed by atoms with Crippen LogP contribution in [-0.2, 0) is 26.2 Å². The average Bonchev–Trinajstić information content (AvgIpc) is 2.96. The van der Waals surface area contributed by atoms with Crippen molar-refractivity contribution in [1.29, 1.82) is 0 Å². The zero-order valence-corrected chi connectivity index (χ0v) is 24.9. The molecular formula is C28H31Cl2N3O6S. The molecule has 3 aromatic rings. The van der Waals surface area contributed by atoms with Gasteiger partial charge in [-0.1, -0.05) is 48.3 Å². The first-order valence-electron chi connectivity index (χ1n) is 12.3. The fraction of sp³-hybridized carbons (Fsp3) is 0.286. The maximum absolute atomic E-state index is 14.0. The van der Waals surface area contributed by atoms with Crippen LogP contribution < -0.4 is 19.1 Å². The summed E-state index contributed by atoms with van der Waals surface area (Å²) < 4.78 is 39.5. The van der Waals surface area contributed by atoms with Crippen LogP contribution in [0.25, 0.3) is 0 Å². The van der Waals surface area contributed by atoms with E-state index in [9.17, 15) is 18.0 Å². The molecule has 3 rings (SSSR count). The molecule has 2 amide bonds. The van der Waals surface area contributed by atoms with E-state index < -0.39 is 34.4 Å². The third-order valence-corrected chi connectivity index (χ3v) is 8.78. The van der Waals surface area contributed by atoms with E-state index in [4.69, 9.17) is 32.7 Å². The van der Waals surface area contributed by atoms with E-state index >= 15 is 0 Å². The standard InChI is InChI=1S/C28H31Cl2N3O6S/c1-5-24(28(35)31-2)32(17-21-22(29)9-8-10-23(21)30)27(34)18-33(25-11-6-7-12-26(25)39-4)40(36,37)20-15-13-19(38-3)14-16-20/h6-16,24H,5,17-18H2,1-4H3,(H,31,35)/t24-/m0/s1. The molecule has 0 aliphatic carbocycles. The molecule has 9 nitrogen and oxygen atoms in total. The van der Waals surface area contributed by atoms with Crippen molar-refractivity contribution in [3.63, 3.8) is 0 Å². The van der Waals surface area contributed by atoms with Crippen molar-refractivity contribution >= 4 is 50.7 Å². The number of nitrogens with one attached hydrogen (secondary N) is 1. The Hall–Kier alpha value is -3.47. The van der Waals surface area contributed by atoms with Gasteiger partial charge >= 0.3 is 0 Å². The van der Waals surface area contributed by atoms with Crippen molar-refractivity contribution in [2.75, 3.05) is 32.1 Å². The second kappa shape index (κ2) is 13.7. The van der Waals surface area contributed by atoms with Crippen LogP contribution in [0.15, 0.2) is 71.6 Å². The first-order chi connectivity index (χ1) is 19.1. The summed E-state index contributed by atoms with van der Waals surface area (Å²) >= 11 is 12.8. The van der Waals surface area contributed by atoms with Crippen molar-refractivity contribution in [2.45, 2.75) is 30.8 Å². The van der Waals surface area contributed by atoms with E-state index in [1.165, 1.54) is 50.4 Å². The predicted molar refractivity (Wildman–Crippen MR) is 156 cm³/mol. The summed E-state index contributed by atoms with van der Waals surface area (Å²) in [5.74, 6) is -0.347. The Labute approximate surface area is 244 Å². The maximum atomic E-state index is 14.0. The molecule has 0 fully saturated rings. The number of benzene rings is 3. The number of hydrogen-bond donors (Lipinski definition) is 1. The molecule has 0 heterocycles. The Balaban J connectivity index is 2.13. The number of hydrogen-bond acceptors (Lipinski definition) is 6. The summed E-state index contributed by atoms with van der Waals surface area (Å²) in [6.45, 7) is 0.996. The van der Waals surface area contributed by atoms with Gasteiger partial charge in [-0.15, -0.1) is 0 Å². The molecule has 0 saturated carbocycles. The highest BCUT2D eigenvalue weighted by atomic mass is 35.5. The number of para-hydroxylation sites is 2. The van der Waals surface area contributed by atoms with E-state index in [0.29, 0.717) is 21.4 Å². The number of likely N-dealkylation sites (N-methyl/N-ethyl adjacent to an activating group) is 1. The largest absolute Gasteiger partial charge is 0.497 e. The fourth-order valence-electron chi connectivity index (χ4n) is 4.16. The number of halogens is 2. The number of amides is 2. The van der Waals surface area contributed by atoms with Gasteiger partial charge in [0.15, 0.2) is 0 Å². The van der Waals surface area contributed by atoms with Gasteiger partial charge in [0, 0.05) is 29.2 Å². The van der Waals surface area contributed by atoms with Crippen LogP contribution in [0.4, 0.5) is 5.69 Å². The lowest BCUT2D eigenvalue weighted by Gasteiger charge is -2.33. The van der Waals surface area contributed by atoms with Crippen LogP contribution in [0.5, 0.6) is 11.5 Å². The zero-order chi connectivity index (χ0) is 29.4. The first-order valence-corrected chi connectivity index (χ1v) is 14.5. The molecular weight excluding hydrogens is 577 g/mol. The maximum Gasteiger partial charge on any atom is 0.264 e. The Kier molecular flexibility index (Phi) is 10.7. The summed E-state index contributed by atoms with van der Waals surface area (Å²) in [5, 5.41) is 3.19. The molecule has 0 aromatic heterocycles. The van der Waals surface area contributed by atoms with Gasteiger partial charge in [-0.25, -0.2) is 8.42 Å². The number of nitrogens with zero attached hydrogens (tertiary/aromatic N) is 2. The van der Waals surface area contributed by atoms with Gasteiger partial charge in [-0.3, -0.25) is 13.9 Å². The predicted octanol–water partition coefficient (Wildman–Crippen LogP) is 4.76. The molecule has 0 bridgehead atoms. The summed E-state index contributed by atoms with van der Waals surface area (Å²) in [5.41, 5.74) is 0.585. The summed E-state index contributed by atoms with van der Waals surface area (Å²) in [6, 6.07) is 16.3. The molecule has 0 saturated heterocycles. The number of methoxy groups -OCH3 is 2. The molecule has 1 N–H and O–H groups in total. The zero-order valence-electron chi connectivity index (χ0n) is 22.6. The van der Waals surface area contributed by atoms with Gasteiger partial charge in [0.2, 0.25) is 11.8 Å². The second-order valence-corrected chi connectivity index (χ2v) is 11.3. The highest BCUT2D eigenvalue weighted by molar-refractivity contribution is 7.92. The Morgan fingerprint density at radius 3 is 2.10 bits per heavy atom. The number of carbonyl (C=O) groups excluding carboxylic acids is 2. The minimum Gasteiger partial charge on any atom is -0.497 e. The van der Waals surface area contributed by atoms with E-state index in [-0.39, 0.29) is 29.3 Å². The molecule has 1 atom stereocenters. The van der Waals surface area contributed by atoms with Crippen molar-refractivity contribution < 1.29 is 27.5 Å². The van der Waals surface area contributed by atoms with Gasteiger partial charge in [-0.05, 0) is 55.0 Å². The van der Waals surface area contributed by atoms with Crippen LogP contribution in [-0.4, -0.2) is 59.0 Å². The quantitative estimate of drug-likeness (QED) is 0.318. The van der Waals surface area contributed by atoms with Crippen LogP contribution in [0.1, 0.15) is 18.9 Å². The molecule has 214 valence electrons. The fourth-order valence-corrected chi connectivity index (χ4v) is 6.11. The highest BCUT2D eigenvalue weighted by Gasteiger charge is 2.35. The van der Waals surface area contributed by atoms with Crippen molar-refractivity contribution in [3.8, 4) is 11.5 Å². The monoisotopic (exact) mass is 607 g/mol. The molecule has 0 aliphatic heterocycles. The molecule has 0 radical (unpaired) electrons. The van der Waals surface area contributed by atoms with Crippen LogP contribution in [0.2, 0.25) is 10.0 Å². The summed E-state index contributed by atoms with van der Waals surface area (Å²) in [4.78, 5) is 28.1. The van der Waals surface area contributed by atoms with Crippen molar-refractivity contribution in [3.05, 3.63) is 82.3 Å². The first kappa shape index (κ1) is 31.1. The number of ether oxygens (including phenoxy) is 2. The normalized spacial score (nSPS) is 11.8. The molecule has 0 unspecified atom stereocenters. The van der Waals surface area contributed by atoms with Gasteiger partial charge in [-0.2, -0.15) is 0 Å². The molecule has 0 aliphatic rings. The van der Waals surface area contributed by atoms with E-state index in [2.05, 4.69) is 5.32 Å². The smallest absolute Gasteiger partial charge is 0.264 e. The van der Waals surface area contributed by atoms with Crippen molar-refractivity contribution in [1.82, 2.24) is 10.2 Å². The Morgan fingerprint density at radius 2 is 1.55 bits per heavy atom. The summed E-state index contributed by atoms with van der Waals surface area (Å²) in [6.07, 6.45) is 0.257. The molecule has 12 heteroatoms. The SMILES string of the molecule is CC[C@@H](C(=O)NC)N(Cc1c(Cl)cccc1Cl)C(=O)CN(c1ccccc1OC)S(=O)(=O)c1ccc(OC)cc1. The van der Waals surface area contributed by atoms with E-state index in [0.717, 1.165) is 4.31 Å². The van der Waals surface area contributed by atoms with Crippen LogP contribution in [0, 0.1) is 0 Å². The van der Waals surface area contributed by atoms with Gasteiger partial charge < -0.3 is 19.7 Å². The molecule has 3 aromatic carbocycles. The number of sulfonamides is 1. The second-order valence-electron chi connectivity index (χ2n) is 8.62. The lowest BCUT2D eigenvalue weighted by atomic mass is 10.1. The Morgan fingerprint density at radius 1 is 0.925 bits per heavy atom. The molecule has 40 heavy (non-hydrogen) atoms. The lowest BCUT2D eigenvalue weighted by molar-refractivity contribution is -0.140. The van der Waals surface area contributed by atoms with Crippen LogP contribution in [0.3, 0.4) is 0 Å². The molecule has 0 spiro atoms. The minimum atomic E-state index is -4.29. The number of anilines is 1. The number of carbonyl (C=O) groups is 2.